The molecule has 7 heteroatoms. The Bertz CT molecular complexity index is 1050. The molecule has 0 saturated heterocycles. The molecule has 7 nitrogen and oxygen atoms in total. The van der Waals surface area contributed by atoms with Crippen LogP contribution >= 0.6 is 0 Å². The molecule has 1 aromatic carbocycles. The van der Waals surface area contributed by atoms with Crippen molar-refractivity contribution in [2.24, 2.45) is 0 Å². The van der Waals surface area contributed by atoms with Gasteiger partial charge in [0.05, 0.1) is 11.6 Å². The standard InChI is InChI=1S/C18H10N6O/c19-8-12-5-13(15-9-20-11-21-10-15)7-14(6-12)18-23-17(24-25-18)16-3-1-2-4-22-16/h1-7,9-11H. The second kappa shape index (κ2) is 6.29. The minimum atomic E-state index is 0.316. The third-order valence-electron chi connectivity index (χ3n) is 3.52. The molecule has 0 saturated carbocycles. The first kappa shape index (κ1) is 14.7. The van der Waals surface area contributed by atoms with E-state index in [-0.39, 0.29) is 0 Å². The molecular weight excluding hydrogens is 316 g/mol. The Morgan fingerprint density at radius 1 is 0.960 bits per heavy atom. The molecule has 0 N–H and O–H groups in total. The van der Waals surface area contributed by atoms with Gasteiger partial charge in [0.25, 0.3) is 5.89 Å². The maximum absolute atomic E-state index is 9.31. The van der Waals surface area contributed by atoms with Crippen LogP contribution in [0, 0.1) is 11.3 Å². The lowest BCUT2D eigenvalue weighted by Gasteiger charge is -2.03. The number of benzene rings is 1. The van der Waals surface area contributed by atoms with Crippen molar-refractivity contribution in [1.82, 2.24) is 25.1 Å². The van der Waals surface area contributed by atoms with Gasteiger partial charge >= 0.3 is 0 Å². The number of pyridine rings is 1. The van der Waals surface area contributed by atoms with Crippen LogP contribution < -0.4 is 0 Å². The molecule has 4 aromatic rings. The van der Waals surface area contributed by atoms with Crippen molar-refractivity contribution in [3.8, 4) is 40.2 Å². The molecule has 118 valence electrons. The van der Waals surface area contributed by atoms with E-state index in [0.717, 1.165) is 11.1 Å². The van der Waals surface area contributed by atoms with Crippen LogP contribution in [0.25, 0.3) is 34.1 Å². The van der Waals surface area contributed by atoms with E-state index < -0.39 is 0 Å². The summed E-state index contributed by atoms with van der Waals surface area (Å²) in [4.78, 5) is 16.6. The number of nitriles is 1. The van der Waals surface area contributed by atoms with Gasteiger partial charge in [-0.3, -0.25) is 4.98 Å². The highest BCUT2D eigenvalue weighted by Gasteiger charge is 2.13. The second-order valence-corrected chi connectivity index (χ2v) is 5.18. The zero-order valence-corrected chi connectivity index (χ0v) is 12.9. The van der Waals surface area contributed by atoms with E-state index >= 15 is 0 Å². The molecule has 3 aromatic heterocycles. The monoisotopic (exact) mass is 326 g/mol. The van der Waals surface area contributed by atoms with E-state index in [4.69, 9.17) is 4.52 Å². The molecule has 0 spiro atoms. The zero-order valence-electron chi connectivity index (χ0n) is 12.9. The van der Waals surface area contributed by atoms with Crippen LogP contribution in [0.3, 0.4) is 0 Å². The van der Waals surface area contributed by atoms with E-state index in [1.54, 1.807) is 36.8 Å². The Morgan fingerprint density at radius 2 is 1.80 bits per heavy atom. The number of aromatic nitrogens is 5. The summed E-state index contributed by atoms with van der Waals surface area (Å²) in [7, 11) is 0. The molecule has 25 heavy (non-hydrogen) atoms. The molecule has 0 aliphatic carbocycles. The van der Waals surface area contributed by atoms with Gasteiger partial charge in [-0.15, -0.1) is 0 Å². The highest BCUT2D eigenvalue weighted by molar-refractivity contribution is 5.71. The molecule has 0 radical (unpaired) electrons. The molecule has 0 aliphatic heterocycles. The lowest BCUT2D eigenvalue weighted by molar-refractivity contribution is 0.432. The third-order valence-corrected chi connectivity index (χ3v) is 3.52. The quantitative estimate of drug-likeness (QED) is 0.570. The Labute approximate surface area is 142 Å². The van der Waals surface area contributed by atoms with E-state index in [2.05, 4.69) is 31.2 Å². The topological polar surface area (TPSA) is 101 Å². The summed E-state index contributed by atoms with van der Waals surface area (Å²) >= 11 is 0. The first-order chi connectivity index (χ1) is 12.3. The molecule has 0 aliphatic rings. The summed E-state index contributed by atoms with van der Waals surface area (Å²) in [5.74, 6) is 0.707. The van der Waals surface area contributed by atoms with Crippen molar-refractivity contribution in [1.29, 1.82) is 5.26 Å². The van der Waals surface area contributed by atoms with Crippen LogP contribution in [-0.4, -0.2) is 25.1 Å². The van der Waals surface area contributed by atoms with Gasteiger partial charge in [-0.05, 0) is 35.9 Å². The minimum Gasteiger partial charge on any atom is -0.334 e. The zero-order chi connectivity index (χ0) is 17.1. The molecule has 0 atom stereocenters. The first-order valence-corrected chi connectivity index (χ1v) is 7.39. The van der Waals surface area contributed by atoms with E-state index in [0.29, 0.717) is 28.5 Å². The van der Waals surface area contributed by atoms with Crippen LogP contribution in [0.1, 0.15) is 5.56 Å². The van der Waals surface area contributed by atoms with Gasteiger partial charge in [0.15, 0.2) is 0 Å². The fourth-order valence-corrected chi connectivity index (χ4v) is 2.37. The van der Waals surface area contributed by atoms with Gasteiger partial charge in [0, 0.05) is 29.7 Å². The second-order valence-electron chi connectivity index (χ2n) is 5.18. The largest absolute Gasteiger partial charge is 0.334 e. The highest BCUT2D eigenvalue weighted by atomic mass is 16.5. The molecule has 0 fully saturated rings. The highest BCUT2D eigenvalue weighted by Crippen LogP contribution is 2.27. The van der Waals surface area contributed by atoms with Gasteiger partial charge in [-0.2, -0.15) is 10.2 Å². The summed E-state index contributed by atoms with van der Waals surface area (Å²) < 4.78 is 5.35. The van der Waals surface area contributed by atoms with Crippen molar-refractivity contribution in [3.05, 3.63) is 66.9 Å². The summed E-state index contributed by atoms with van der Waals surface area (Å²) in [6.07, 6.45) is 6.48. The maximum atomic E-state index is 9.31. The Hall–Kier alpha value is -3.92. The maximum Gasteiger partial charge on any atom is 0.258 e. The normalized spacial score (nSPS) is 10.4. The van der Waals surface area contributed by atoms with Crippen LogP contribution in [0.2, 0.25) is 0 Å². The third kappa shape index (κ3) is 2.96. The first-order valence-electron chi connectivity index (χ1n) is 7.39. The van der Waals surface area contributed by atoms with Gasteiger partial charge in [-0.25, -0.2) is 9.97 Å². The minimum absolute atomic E-state index is 0.316. The Balaban J connectivity index is 1.79. The van der Waals surface area contributed by atoms with E-state index in [9.17, 15) is 5.26 Å². The fraction of sp³-hybridized carbons (Fsp3) is 0. The molecule has 0 amide bonds. The molecule has 0 bridgehead atoms. The van der Waals surface area contributed by atoms with E-state index in [1.165, 1.54) is 6.33 Å². The lowest BCUT2D eigenvalue weighted by atomic mass is 10.0. The van der Waals surface area contributed by atoms with Crippen LogP contribution in [0.15, 0.2) is 65.8 Å². The Kier molecular flexibility index (Phi) is 3.69. The van der Waals surface area contributed by atoms with Gasteiger partial charge in [-0.1, -0.05) is 11.2 Å². The fourth-order valence-electron chi connectivity index (χ4n) is 2.37. The van der Waals surface area contributed by atoms with Crippen molar-refractivity contribution in [2.75, 3.05) is 0 Å². The van der Waals surface area contributed by atoms with Gasteiger partial charge in [0.1, 0.15) is 12.0 Å². The van der Waals surface area contributed by atoms with E-state index in [1.807, 2.05) is 18.2 Å². The van der Waals surface area contributed by atoms with Crippen molar-refractivity contribution >= 4 is 0 Å². The number of nitrogens with zero attached hydrogens (tertiary/aromatic N) is 6. The summed E-state index contributed by atoms with van der Waals surface area (Å²) in [5.41, 5.74) is 3.34. The van der Waals surface area contributed by atoms with Gasteiger partial charge in [0.2, 0.25) is 5.82 Å². The number of hydrogen-bond acceptors (Lipinski definition) is 7. The number of rotatable bonds is 3. The summed E-state index contributed by atoms with van der Waals surface area (Å²) in [6.45, 7) is 0. The van der Waals surface area contributed by atoms with Crippen molar-refractivity contribution in [2.45, 2.75) is 0 Å². The van der Waals surface area contributed by atoms with Crippen LogP contribution in [-0.2, 0) is 0 Å². The van der Waals surface area contributed by atoms with Crippen LogP contribution in [0.4, 0.5) is 0 Å². The number of hydrogen-bond donors (Lipinski definition) is 0. The Morgan fingerprint density at radius 3 is 2.56 bits per heavy atom. The predicted octanol–water partition coefficient (Wildman–Crippen LogP) is 3.13. The smallest absolute Gasteiger partial charge is 0.258 e. The SMILES string of the molecule is N#Cc1cc(-c2cncnc2)cc(-c2nc(-c3ccccn3)no2)c1. The average molecular weight is 326 g/mol. The van der Waals surface area contributed by atoms with Crippen LogP contribution in [0.5, 0.6) is 0 Å². The van der Waals surface area contributed by atoms with Crippen molar-refractivity contribution in [3.63, 3.8) is 0 Å². The summed E-state index contributed by atoms with van der Waals surface area (Å²) in [5, 5.41) is 13.3. The summed E-state index contributed by atoms with van der Waals surface area (Å²) in [6, 6.07) is 12.9. The van der Waals surface area contributed by atoms with Crippen molar-refractivity contribution < 1.29 is 4.52 Å². The molecule has 4 rings (SSSR count). The average Bonchev–Trinajstić information content (AvgIpc) is 3.19. The molecule has 3 heterocycles. The molecular formula is C18H10N6O. The van der Waals surface area contributed by atoms with Gasteiger partial charge < -0.3 is 4.52 Å². The predicted molar refractivity (Wildman–Crippen MR) is 88.7 cm³/mol. The lowest BCUT2D eigenvalue weighted by Crippen LogP contribution is -1.88. The molecule has 0 unspecified atom stereocenters.